The van der Waals surface area contributed by atoms with Gasteiger partial charge < -0.3 is 5.73 Å². The van der Waals surface area contributed by atoms with Crippen LogP contribution in [0.25, 0.3) is 0 Å². The van der Waals surface area contributed by atoms with E-state index in [0.29, 0.717) is 5.92 Å². The highest BCUT2D eigenvalue weighted by Crippen LogP contribution is 2.31. The molecule has 0 saturated heterocycles. The molecule has 3 heteroatoms. The van der Waals surface area contributed by atoms with Crippen molar-refractivity contribution in [3.63, 3.8) is 0 Å². The summed E-state index contributed by atoms with van der Waals surface area (Å²) in [6.45, 7) is 2.00. The lowest BCUT2D eigenvalue weighted by molar-refractivity contribution is 0.435. The maximum absolute atomic E-state index is 5.77. The van der Waals surface area contributed by atoms with E-state index in [4.69, 9.17) is 5.73 Å². The molecule has 2 rings (SSSR count). The van der Waals surface area contributed by atoms with E-state index in [2.05, 4.69) is 16.0 Å². The van der Waals surface area contributed by atoms with Crippen LogP contribution in [0.5, 0.6) is 0 Å². The Hall–Kier alpha value is -0.960. The highest BCUT2D eigenvalue weighted by molar-refractivity contribution is 5.09. The molecular weight excluding hydrogens is 198 g/mol. The molecule has 0 spiro atoms. The summed E-state index contributed by atoms with van der Waals surface area (Å²) in [5.74, 6) is 1.56. The third kappa shape index (κ3) is 3.01. The summed E-state index contributed by atoms with van der Waals surface area (Å²) in [7, 11) is 0. The van der Waals surface area contributed by atoms with Crippen molar-refractivity contribution in [2.45, 2.75) is 57.4 Å². The summed E-state index contributed by atoms with van der Waals surface area (Å²) in [6, 6.07) is 2.21. The van der Waals surface area contributed by atoms with Crippen LogP contribution in [0, 0.1) is 0 Å². The topological polar surface area (TPSA) is 51.8 Å². The number of nitrogens with two attached hydrogens (primary N) is 1. The quantitative estimate of drug-likeness (QED) is 0.849. The van der Waals surface area contributed by atoms with Crippen LogP contribution in [0.15, 0.2) is 12.3 Å². The average molecular weight is 219 g/mol. The Morgan fingerprint density at radius 2 is 2.12 bits per heavy atom. The maximum atomic E-state index is 5.77. The van der Waals surface area contributed by atoms with Gasteiger partial charge in [-0.15, -0.1) is 0 Å². The second-order valence-electron chi connectivity index (χ2n) is 4.91. The predicted molar refractivity (Wildman–Crippen MR) is 65.2 cm³/mol. The lowest BCUT2D eigenvalue weighted by Crippen LogP contribution is -2.20. The molecule has 1 saturated carbocycles. The molecule has 1 atom stereocenters. The molecule has 1 fully saturated rings. The van der Waals surface area contributed by atoms with Crippen LogP contribution in [-0.2, 0) is 6.42 Å². The standard InChI is InChI=1S/C13H21N3/c1-10(14)9-13-15-8-7-12(16-13)11-5-3-2-4-6-11/h7-8,10-11H,2-6,9,14H2,1H3. The Kier molecular flexibility index (Phi) is 3.88. The van der Waals surface area contributed by atoms with E-state index in [9.17, 15) is 0 Å². The van der Waals surface area contributed by atoms with E-state index in [1.165, 1.54) is 37.8 Å². The van der Waals surface area contributed by atoms with E-state index in [1.54, 1.807) is 0 Å². The van der Waals surface area contributed by atoms with Crippen LogP contribution in [0.1, 0.15) is 56.5 Å². The van der Waals surface area contributed by atoms with Crippen LogP contribution < -0.4 is 5.73 Å². The van der Waals surface area contributed by atoms with Crippen molar-refractivity contribution in [3.8, 4) is 0 Å². The first-order valence-electron chi connectivity index (χ1n) is 6.33. The summed E-state index contributed by atoms with van der Waals surface area (Å²) in [4.78, 5) is 8.93. The summed E-state index contributed by atoms with van der Waals surface area (Å²) in [5.41, 5.74) is 7.00. The largest absolute Gasteiger partial charge is 0.328 e. The van der Waals surface area contributed by atoms with Gasteiger partial charge in [0.05, 0.1) is 0 Å². The zero-order valence-corrected chi connectivity index (χ0v) is 10.0. The molecule has 0 radical (unpaired) electrons. The molecule has 0 aliphatic heterocycles. The van der Waals surface area contributed by atoms with Crippen LogP contribution in [0.2, 0.25) is 0 Å². The van der Waals surface area contributed by atoms with Gasteiger partial charge in [-0.1, -0.05) is 19.3 Å². The predicted octanol–water partition coefficient (Wildman–Crippen LogP) is 2.41. The zero-order chi connectivity index (χ0) is 11.4. The fourth-order valence-corrected chi connectivity index (χ4v) is 2.43. The van der Waals surface area contributed by atoms with Crippen LogP contribution >= 0.6 is 0 Å². The van der Waals surface area contributed by atoms with Gasteiger partial charge in [0.25, 0.3) is 0 Å². The van der Waals surface area contributed by atoms with Gasteiger partial charge in [0.15, 0.2) is 0 Å². The van der Waals surface area contributed by atoms with E-state index >= 15 is 0 Å². The second kappa shape index (κ2) is 5.39. The summed E-state index contributed by atoms with van der Waals surface area (Å²) >= 11 is 0. The third-order valence-electron chi connectivity index (χ3n) is 3.26. The van der Waals surface area contributed by atoms with E-state index < -0.39 is 0 Å². The number of rotatable bonds is 3. The SMILES string of the molecule is CC(N)Cc1nccc(C2CCCCC2)n1. The second-order valence-corrected chi connectivity index (χ2v) is 4.91. The highest BCUT2D eigenvalue weighted by atomic mass is 14.9. The number of aromatic nitrogens is 2. The molecule has 0 bridgehead atoms. The van der Waals surface area contributed by atoms with Crippen molar-refractivity contribution < 1.29 is 0 Å². The van der Waals surface area contributed by atoms with E-state index in [-0.39, 0.29) is 6.04 Å². The van der Waals surface area contributed by atoms with Crippen LogP contribution in [0.3, 0.4) is 0 Å². The smallest absolute Gasteiger partial charge is 0.130 e. The molecule has 1 aromatic rings. The summed E-state index contributed by atoms with van der Waals surface area (Å²) in [6.07, 6.45) is 9.31. The van der Waals surface area contributed by atoms with Gasteiger partial charge in [0, 0.05) is 30.3 Å². The zero-order valence-electron chi connectivity index (χ0n) is 10.0. The Labute approximate surface area is 97.5 Å². The van der Waals surface area contributed by atoms with Gasteiger partial charge in [-0.2, -0.15) is 0 Å². The Bertz CT molecular complexity index is 330. The molecule has 88 valence electrons. The average Bonchev–Trinajstić information content (AvgIpc) is 2.30. The Morgan fingerprint density at radius 3 is 2.81 bits per heavy atom. The van der Waals surface area contributed by atoms with Gasteiger partial charge >= 0.3 is 0 Å². The lowest BCUT2D eigenvalue weighted by Gasteiger charge is -2.21. The molecule has 1 aliphatic carbocycles. The molecular formula is C13H21N3. The van der Waals surface area contributed by atoms with Gasteiger partial charge in [-0.25, -0.2) is 9.97 Å². The highest BCUT2D eigenvalue weighted by Gasteiger charge is 2.17. The Morgan fingerprint density at radius 1 is 1.38 bits per heavy atom. The van der Waals surface area contributed by atoms with Gasteiger partial charge in [0.2, 0.25) is 0 Å². The fourth-order valence-electron chi connectivity index (χ4n) is 2.43. The summed E-state index contributed by atoms with van der Waals surface area (Å²) in [5, 5.41) is 0. The molecule has 1 aromatic heterocycles. The lowest BCUT2D eigenvalue weighted by atomic mass is 9.87. The first-order chi connectivity index (χ1) is 7.75. The molecule has 3 nitrogen and oxygen atoms in total. The van der Waals surface area contributed by atoms with Gasteiger partial charge in [-0.3, -0.25) is 0 Å². The minimum absolute atomic E-state index is 0.140. The number of hydrogen-bond acceptors (Lipinski definition) is 3. The minimum atomic E-state index is 0.140. The fraction of sp³-hybridized carbons (Fsp3) is 0.692. The normalized spacial score (nSPS) is 19.6. The van der Waals surface area contributed by atoms with Gasteiger partial charge in [-0.05, 0) is 25.8 Å². The summed E-state index contributed by atoms with van der Waals surface area (Å²) < 4.78 is 0. The number of hydrogen-bond donors (Lipinski definition) is 1. The van der Waals surface area contributed by atoms with Crippen molar-refractivity contribution in [2.75, 3.05) is 0 Å². The van der Waals surface area contributed by atoms with Crippen molar-refractivity contribution >= 4 is 0 Å². The molecule has 0 aromatic carbocycles. The van der Waals surface area contributed by atoms with Gasteiger partial charge in [0.1, 0.15) is 5.82 Å². The molecule has 0 amide bonds. The first kappa shape index (κ1) is 11.5. The molecule has 2 N–H and O–H groups in total. The van der Waals surface area contributed by atoms with Crippen LogP contribution in [0.4, 0.5) is 0 Å². The van der Waals surface area contributed by atoms with Crippen molar-refractivity contribution in [2.24, 2.45) is 5.73 Å². The third-order valence-corrected chi connectivity index (χ3v) is 3.26. The van der Waals surface area contributed by atoms with Crippen molar-refractivity contribution in [1.82, 2.24) is 9.97 Å². The number of nitrogens with zero attached hydrogens (tertiary/aromatic N) is 2. The molecule has 16 heavy (non-hydrogen) atoms. The molecule has 1 aliphatic rings. The minimum Gasteiger partial charge on any atom is -0.328 e. The van der Waals surface area contributed by atoms with Crippen LogP contribution in [-0.4, -0.2) is 16.0 Å². The first-order valence-corrected chi connectivity index (χ1v) is 6.33. The molecule has 1 heterocycles. The van der Waals surface area contributed by atoms with Crippen molar-refractivity contribution in [1.29, 1.82) is 0 Å². The molecule has 1 unspecified atom stereocenters. The Balaban J connectivity index is 2.08. The van der Waals surface area contributed by atoms with E-state index in [1.807, 2.05) is 13.1 Å². The maximum Gasteiger partial charge on any atom is 0.130 e. The van der Waals surface area contributed by atoms with E-state index in [0.717, 1.165) is 12.2 Å². The monoisotopic (exact) mass is 219 g/mol. The van der Waals surface area contributed by atoms with Crippen molar-refractivity contribution in [3.05, 3.63) is 23.8 Å².